The number of amides is 1. The zero-order valence-corrected chi connectivity index (χ0v) is 14.7. The maximum Gasteiger partial charge on any atom is 0.250 e. The van der Waals surface area contributed by atoms with Gasteiger partial charge in [-0.2, -0.15) is 5.10 Å². The summed E-state index contributed by atoms with van der Waals surface area (Å²) in [4.78, 5) is 15.5. The van der Waals surface area contributed by atoms with Crippen LogP contribution in [0.25, 0.3) is 0 Å². The van der Waals surface area contributed by atoms with E-state index in [9.17, 15) is 4.79 Å². The van der Waals surface area contributed by atoms with E-state index in [2.05, 4.69) is 22.2 Å². The highest BCUT2D eigenvalue weighted by molar-refractivity contribution is 5.84. The number of nitrogens with zero attached hydrogens (tertiary/aromatic N) is 3. The highest BCUT2D eigenvalue weighted by Crippen LogP contribution is 2.30. The Morgan fingerprint density at radius 2 is 2.17 bits per heavy atom. The van der Waals surface area contributed by atoms with E-state index >= 15 is 0 Å². The van der Waals surface area contributed by atoms with Crippen molar-refractivity contribution < 1.29 is 9.53 Å². The molecule has 24 heavy (non-hydrogen) atoms. The molecule has 3 heterocycles. The van der Waals surface area contributed by atoms with Crippen molar-refractivity contribution in [2.75, 3.05) is 32.8 Å². The monoisotopic (exact) mass is 334 g/mol. The number of piperidine rings is 1. The third-order valence-electron chi connectivity index (χ3n) is 5.29. The van der Waals surface area contributed by atoms with Gasteiger partial charge in [-0.3, -0.25) is 9.48 Å². The number of rotatable bonds is 5. The van der Waals surface area contributed by atoms with Gasteiger partial charge in [0.1, 0.15) is 5.54 Å². The van der Waals surface area contributed by atoms with Gasteiger partial charge in [0.15, 0.2) is 0 Å². The van der Waals surface area contributed by atoms with Crippen molar-refractivity contribution in [1.29, 1.82) is 0 Å². The second-order valence-corrected chi connectivity index (χ2v) is 6.95. The van der Waals surface area contributed by atoms with Crippen molar-refractivity contribution in [3.05, 3.63) is 18.5 Å². The number of hydrogen-bond acceptors (Lipinski definition) is 4. The second-order valence-electron chi connectivity index (χ2n) is 6.95. The molecule has 2 fully saturated rings. The van der Waals surface area contributed by atoms with Gasteiger partial charge in [0, 0.05) is 32.1 Å². The molecule has 1 atom stereocenters. The van der Waals surface area contributed by atoms with Crippen LogP contribution in [0.5, 0.6) is 0 Å². The number of hydrogen-bond donors (Lipinski definition) is 1. The van der Waals surface area contributed by atoms with Crippen LogP contribution in [0.2, 0.25) is 0 Å². The lowest BCUT2D eigenvalue weighted by atomic mass is 9.86. The van der Waals surface area contributed by atoms with E-state index in [-0.39, 0.29) is 5.91 Å². The summed E-state index contributed by atoms with van der Waals surface area (Å²) in [5.41, 5.74) is -0.515. The zero-order valence-electron chi connectivity index (χ0n) is 14.7. The molecule has 0 aliphatic carbocycles. The molecule has 6 nitrogen and oxygen atoms in total. The van der Waals surface area contributed by atoms with E-state index in [4.69, 9.17) is 4.74 Å². The Balaban J connectivity index is 1.71. The largest absolute Gasteiger partial charge is 0.378 e. The summed E-state index contributed by atoms with van der Waals surface area (Å²) >= 11 is 0. The van der Waals surface area contributed by atoms with E-state index in [1.807, 2.05) is 16.9 Å². The van der Waals surface area contributed by atoms with Gasteiger partial charge in [0.2, 0.25) is 0 Å². The van der Waals surface area contributed by atoms with Crippen molar-refractivity contribution in [3.8, 4) is 0 Å². The summed E-state index contributed by atoms with van der Waals surface area (Å²) in [6.07, 6.45) is 9.69. The molecule has 134 valence electrons. The summed E-state index contributed by atoms with van der Waals surface area (Å²) < 4.78 is 7.81. The number of carbonyl (C=O) groups excluding carboxylic acids is 1. The minimum Gasteiger partial charge on any atom is -0.378 e. The predicted molar refractivity (Wildman–Crippen MR) is 92.8 cm³/mol. The van der Waals surface area contributed by atoms with Gasteiger partial charge in [-0.1, -0.05) is 6.92 Å². The fourth-order valence-corrected chi connectivity index (χ4v) is 3.92. The summed E-state index contributed by atoms with van der Waals surface area (Å²) in [6.45, 7) is 6.31. The number of likely N-dealkylation sites (tertiary alicyclic amines) is 1. The topological polar surface area (TPSA) is 59.4 Å². The summed E-state index contributed by atoms with van der Waals surface area (Å²) in [5, 5.41) is 7.79. The van der Waals surface area contributed by atoms with Gasteiger partial charge in [-0.15, -0.1) is 0 Å². The minimum absolute atomic E-state index is 0.240. The molecular formula is C18H30N4O2. The molecule has 0 spiro atoms. The molecule has 2 aliphatic heterocycles. The number of aromatic nitrogens is 2. The van der Waals surface area contributed by atoms with Gasteiger partial charge in [0.25, 0.3) is 5.91 Å². The van der Waals surface area contributed by atoms with Crippen LogP contribution < -0.4 is 5.32 Å². The lowest BCUT2D eigenvalue weighted by molar-refractivity contribution is -0.143. The molecule has 0 radical (unpaired) electrons. The van der Waals surface area contributed by atoms with Crippen molar-refractivity contribution in [2.45, 2.75) is 57.1 Å². The lowest BCUT2D eigenvalue weighted by Gasteiger charge is -2.40. The second kappa shape index (κ2) is 8.12. The van der Waals surface area contributed by atoms with Gasteiger partial charge in [-0.05, 0) is 57.7 Å². The van der Waals surface area contributed by atoms with Crippen LogP contribution in [-0.4, -0.2) is 59.5 Å². The van der Waals surface area contributed by atoms with Crippen LogP contribution in [0, 0.1) is 0 Å². The molecule has 1 unspecified atom stereocenters. The van der Waals surface area contributed by atoms with Crippen molar-refractivity contribution in [1.82, 2.24) is 20.0 Å². The van der Waals surface area contributed by atoms with Crippen molar-refractivity contribution in [2.24, 2.45) is 0 Å². The van der Waals surface area contributed by atoms with E-state index < -0.39 is 5.54 Å². The molecule has 1 aromatic rings. The Labute approximate surface area is 144 Å². The quantitative estimate of drug-likeness (QED) is 0.891. The maximum absolute atomic E-state index is 13.4. The Kier molecular flexibility index (Phi) is 5.89. The van der Waals surface area contributed by atoms with Gasteiger partial charge in [-0.25, -0.2) is 0 Å². The molecule has 2 aliphatic rings. The zero-order chi connectivity index (χ0) is 16.8. The smallest absolute Gasteiger partial charge is 0.250 e. The first-order valence-corrected chi connectivity index (χ1v) is 9.38. The highest BCUT2D eigenvalue weighted by Gasteiger charge is 2.44. The Morgan fingerprint density at radius 1 is 1.33 bits per heavy atom. The third kappa shape index (κ3) is 3.64. The lowest BCUT2D eigenvalue weighted by Crippen LogP contribution is -2.56. The minimum atomic E-state index is -0.515. The normalized spacial score (nSPS) is 24.5. The number of carbonyl (C=O) groups is 1. The Bertz CT molecular complexity index is 511. The molecule has 0 aromatic carbocycles. The predicted octanol–water partition coefficient (Wildman–Crippen LogP) is 1.77. The molecule has 1 aromatic heterocycles. The molecule has 6 heteroatoms. The summed E-state index contributed by atoms with van der Waals surface area (Å²) in [5.74, 6) is 0.240. The van der Waals surface area contributed by atoms with E-state index in [0.29, 0.717) is 6.10 Å². The Hall–Kier alpha value is -1.40. The van der Waals surface area contributed by atoms with E-state index in [0.717, 1.165) is 71.3 Å². The first-order valence-electron chi connectivity index (χ1n) is 9.38. The van der Waals surface area contributed by atoms with E-state index in [1.165, 1.54) is 0 Å². The molecular weight excluding hydrogens is 304 g/mol. The average molecular weight is 334 g/mol. The SMILES string of the molecule is CCCOC1CCCN(C(=O)C2(n3cccn3)CCNCC2)CC1. The van der Waals surface area contributed by atoms with Crippen LogP contribution in [0.1, 0.15) is 45.4 Å². The summed E-state index contributed by atoms with van der Waals surface area (Å²) in [6, 6.07) is 1.91. The van der Waals surface area contributed by atoms with Crippen LogP contribution >= 0.6 is 0 Å². The first kappa shape index (κ1) is 17.4. The average Bonchev–Trinajstić information content (AvgIpc) is 3.07. The van der Waals surface area contributed by atoms with Crippen molar-refractivity contribution >= 4 is 5.91 Å². The van der Waals surface area contributed by atoms with Gasteiger partial charge in [0.05, 0.1) is 6.10 Å². The van der Waals surface area contributed by atoms with Crippen molar-refractivity contribution in [3.63, 3.8) is 0 Å². The number of ether oxygens (including phenoxy) is 1. The highest BCUT2D eigenvalue weighted by atomic mass is 16.5. The number of nitrogens with one attached hydrogen (secondary N) is 1. The Morgan fingerprint density at radius 3 is 2.88 bits per heavy atom. The van der Waals surface area contributed by atoms with Crippen LogP contribution in [-0.2, 0) is 15.1 Å². The first-order chi connectivity index (χ1) is 11.8. The van der Waals surface area contributed by atoms with Crippen LogP contribution in [0.4, 0.5) is 0 Å². The van der Waals surface area contributed by atoms with Crippen LogP contribution in [0.15, 0.2) is 18.5 Å². The molecule has 3 rings (SSSR count). The molecule has 0 saturated carbocycles. The third-order valence-corrected chi connectivity index (χ3v) is 5.29. The maximum atomic E-state index is 13.4. The summed E-state index contributed by atoms with van der Waals surface area (Å²) in [7, 11) is 0. The van der Waals surface area contributed by atoms with Gasteiger partial charge < -0.3 is 15.0 Å². The van der Waals surface area contributed by atoms with Crippen LogP contribution in [0.3, 0.4) is 0 Å². The standard InChI is InChI=1S/C18H30N4O2/c1-2-15-24-16-5-3-12-21(14-6-16)17(23)18(7-10-19-11-8-18)22-13-4-9-20-22/h4,9,13,16,19H,2-3,5-8,10-12,14-15H2,1H3. The fraction of sp³-hybridized carbons (Fsp3) is 0.778. The molecule has 0 bridgehead atoms. The molecule has 1 amide bonds. The molecule has 1 N–H and O–H groups in total. The molecule has 2 saturated heterocycles. The van der Waals surface area contributed by atoms with Gasteiger partial charge >= 0.3 is 0 Å². The fourth-order valence-electron chi connectivity index (χ4n) is 3.92. The van der Waals surface area contributed by atoms with E-state index in [1.54, 1.807) is 6.20 Å².